The minimum absolute atomic E-state index is 0.101. The van der Waals surface area contributed by atoms with E-state index in [0.717, 1.165) is 46.7 Å². The van der Waals surface area contributed by atoms with Crippen molar-refractivity contribution in [2.45, 2.75) is 72.5 Å². The molecule has 4 aromatic carbocycles. The van der Waals surface area contributed by atoms with Crippen LogP contribution >= 0.6 is 0 Å². The molecule has 0 saturated carbocycles. The van der Waals surface area contributed by atoms with Crippen LogP contribution in [0.2, 0.25) is 0 Å². The molecule has 0 radical (unpaired) electrons. The van der Waals surface area contributed by atoms with Gasteiger partial charge in [-0.15, -0.1) is 0 Å². The lowest BCUT2D eigenvalue weighted by Gasteiger charge is -2.26. The fraction of sp³-hybridized carbons (Fsp3) is 0.364. The zero-order valence-corrected chi connectivity index (χ0v) is 29.5. The van der Waals surface area contributed by atoms with Crippen LogP contribution in [0, 0.1) is 36.5 Å². The molecule has 1 fully saturated rings. The minimum Gasteiger partial charge on any atom is -0.458 e. The number of benzene rings is 4. The van der Waals surface area contributed by atoms with Gasteiger partial charge in [-0.25, -0.2) is 9.59 Å². The molecule has 1 aliphatic rings. The molecule has 5 heteroatoms. The van der Waals surface area contributed by atoms with Gasteiger partial charge in [0.2, 0.25) is 0 Å². The Hall–Kier alpha value is -4.66. The molecule has 0 unspecified atom stereocenters. The van der Waals surface area contributed by atoms with Crippen molar-refractivity contribution in [2.75, 3.05) is 13.2 Å². The Kier molecular flexibility index (Phi) is 12.1. The summed E-state index contributed by atoms with van der Waals surface area (Å²) in [6, 6.07) is 29.4. The first-order chi connectivity index (χ1) is 23.6. The van der Waals surface area contributed by atoms with Crippen LogP contribution in [0.4, 0.5) is 0 Å². The van der Waals surface area contributed by atoms with Crippen LogP contribution < -0.4 is 0 Å². The predicted octanol–water partition coefficient (Wildman–Crippen LogP) is 9.63. The molecular formula is C44H48O5. The topological polar surface area (TPSA) is 61.8 Å². The zero-order chi connectivity index (χ0) is 34.8. The van der Waals surface area contributed by atoms with Crippen LogP contribution in [0.3, 0.4) is 0 Å². The quantitative estimate of drug-likeness (QED) is 0.0815. The van der Waals surface area contributed by atoms with E-state index in [2.05, 4.69) is 58.6 Å². The monoisotopic (exact) mass is 656 g/mol. The lowest BCUT2D eigenvalue weighted by atomic mass is 9.86. The zero-order valence-electron chi connectivity index (χ0n) is 29.5. The van der Waals surface area contributed by atoms with E-state index < -0.39 is 11.6 Å². The Morgan fingerprint density at radius 2 is 1.49 bits per heavy atom. The van der Waals surface area contributed by atoms with E-state index in [1.165, 1.54) is 5.56 Å². The average Bonchev–Trinajstić information content (AvgIpc) is 3.40. The summed E-state index contributed by atoms with van der Waals surface area (Å²) in [6.07, 6.45) is 5.40. The summed E-state index contributed by atoms with van der Waals surface area (Å²) < 4.78 is 18.0. The Morgan fingerprint density at radius 1 is 0.837 bits per heavy atom. The summed E-state index contributed by atoms with van der Waals surface area (Å²) in [5.74, 6) is 7.26. The van der Waals surface area contributed by atoms with E-state index >= 15 is 0 Å². The maximum atomic E-state index is 13.4. The highest BCUT2D eigenvalue weighted by Crippen LogP contribution is 2.34. The summed E-state index contributed by atoms with van der Waals surface area (Å²) >= 11 is 0. The van der Waals surface area contributed by atoms with Crippen molar-refractivity contribution in [1.82, 2.24) is 0 Å². The first kappa shape index (κ1) is 35.6. The number of cyclic esters (lactones) is 1. The summed E-state index contributed by atoms with van der Waals surface area (Å²) in [5, 5.41) is 1.89. The molecule has 5 nitrogen and oxygen atoms in total. The van der Waals surface area contributed by atoms with E-state index in [4.69, 9.17) is 14.2 Å². The van der Waals surface area contributed by atoms with Gasteiger partial charge in [0, 0.05) is 23.1 Å². The normalized spacial score (nSPS) is 16.7. The van der Waals surface area contributed by atoms with Crippen molar-refractivity contribution >= 4 is 22.7 Å². The fourth-order valence-corrected chi connectivity index (χ4v) is 6.45. The second-order valence-corrected chi connectivity index (χ2v) is 14.3. The largest absolute Gasteiger partial charge is 0.458 e. The predicted molar refractivity (Wildman–Crippen MR) is 196 cm³/mol. The van der Waals surface area contributed by atoms with Crippen LogP contribution in [0.1, 0.15) is 86.0 Å². The van der Waals surface area contributed by atoms with Crippen molar-refractivity contribution < 1.29 is 23.8 Å². The van der Waals surface area contributed by atoms with Crippen molar-refractivity contribution in [2.24, 2.45) is 17.8 Å². The Morgan fingerprint density at radius 3 is 2.20 bits per heavy atom. The Bertz CT molecular complexity index is 1810. The van der Waals surface area contributed by atoms with Gasteiger partial charge in [0.05, 0.1) is 18.8 Å². The SMILES string of the molecule is Cc1ccc(C#Cc2ccc3cc(C(=O)OC[C@]4(COCc5ccccc5)C/C(=C\CC(CC(C)C)CC(C)C)C(=O)O4)ccc3c2)cc1. The van der Waals surface area contributed by atoms with Gasteiger partial charge in [-0.2, -0.15) is 0 Å². The summed E-state index contributed by atoms with van der Waals surface area (Å²) in [5.41, 5.74) is 4.03. The van der Waals surface area contributed by atoms with E-state index in [1.807, 2.05) is 78.9 Å². The van der Waals surface area contributed by atoms with Gasteiger partial charge in [-0.1, -0.05) is 106 Å². The number of esters is 2. The molecule has 0 aromatic heterocycles. The summed E-state index contributed by atoms with van der Waals surface area (Å²) in [6.45, 7) is 11.4. The first-order valence-electron chi connectivity index (χ1n) is 17.4. The molecule has 49 heavy (non-hydrogen) atoms. The second kappa shape index (κ2) is 16.6. The third-order valence-electron chi connectivity index (χ3n) is 8.81. The molecule has 0 amide bonds. The van der Waals surface area contributed by atoms with E-state index in [9.17, 15) is 9.59 Å². The van der Waals surface area contributed by atoms with E-state index in [1.54, 1.807) is 6.07 Å². The number of hydrogen-bond donors (Lipinski definition) is 0. The van der Waals surface area contributed by atoms with Crippen molar-refractivity contribution in [3.63, 3.8) is 0 Å². The van der Waals surface area contributed by atoms with Gasteiger partial charge in [0.1, 0.15) is 6.61 Å². The number of carbonyl (C=O) groups is 2. The van der Waals surface area contributed by atoms with Crippen LogP contribution in [-0.2, 0) is 25.6 Å². The van der Waals surface area contributed by atoms with Gasteiger partial charge >= 0.3 is 11.9 Å². The number of fused-ring (bicyclic) bond motifs is 1. The molecule has 254 valence electrons. The first-order valence-corrected chi connectivity index (χ1v) is 17.4. The molecule has 4 aromatic rings. The molecule has 1 saturated heterocycles. The number of aryl methyl sites for hydroxylation is 1. The number of ether oxygens (including phenoxy) is 3. The van der Waals surface area contributed by atoms with Crippen molar-refractivity contribution in [3.05, 3.63) is 130 Å². The third kappa shape index (κ3) is 10.4. The number of hydrogen-bond acceptors (Lipinski definition) is 5. The number of allylic oxidation sites excluding steroid dienone is 1. The molecule has 0 bridgehead atoms. The standard InChI is InChI=1S/C44H48O5/c1-31(2)23-37(24-32(3)4)18-20-41-27-44(49-43(41)46,29-47-28-36-9-7-6-8-10-36)30-48-42(45)40-22-21-38-25-35(17-19-39(38)26-40)16-15-34-13-11-33(5)12-14-34/h6-14,17,19-22,25-26,31-32,37H,18,23-24,27-30H2,1-5H3/b41-20+/t44-/m1/s1. The van der Waals surface area contributed by atoms with Crippen molar-refractivity contribution in [3.8, 4) is 11.8 Å². The Balaban J connectivity index is 1.28. The number of rotatable bonds is 13. The third-order valence-corrected chi connectivity index (χ3v) is 8.81. The van der Waals surface area contributed by atoms with Crippen molar-refractivity contribution in [1.29, 1.82) is 0 Å². The van der Waals surface area contributed by atoms with E-state index in [-0.39, 0.29) is 19.2 Å². The smallest absolute Gasteiger partial charge is 0.338 e. The molecule has 1 aliphatic heterocycles. The highest BCUT2D eigenvalue weighted by atomic mass is 16.6. The van der Waals surface area contributed by atoms with Crippen LogP contribution in [0.15, 0.2) is 103 Å². The van der Waals surface area contributed by atoms with Gasteiger partial charge in [0.15, 0.2) is 5.60 Å². The van der Waals surface area contributed by atoms with Gasteiger partial charge in [-0.05, 0) is 96.7 Å². The second-order valence-electron chi connectivity index (χ2n) is 14.3. The minimum atomic E-state index is -1.10. The molecule has 0 aliphatic carbocycles. The molecule has 0 spiro atoms. The lowest BCUT2D eigenvalue weighted by Crippen LogP contribution is -2.40. The van der Waals surface area contributed by atoms with Crippen LogP contribution in [-0.4, -0.2) is 30.8 Å². The maximum absolute atomic E-state index is 13.4. The van der Waals surface area contributed by atoms with Gasteiger partial charge < -0.3 is 14.2 Å². The van der Waals surface area contributed by atoms with Crippen LogP contribution in [0.25, 0.3) is 10.8 Å². The molecule has 1 atom stereocenters. The molecular weight excluding hydrogens is 608 g/mol. The molecule has 0 N–H and O–H groups in total. The van der Waals surface area contributed by atoms with Gasteiger partial charge in [0.25, 0.3) is 0 Å². The average molecular weight is 657 g/mol. The summed E-state index contributed by atoms with van der Waals surface area (Å²) in [7, 11) is 0. The number of carbonyl (C=O) groups excluding carboxylic acids is 2. The summed E-state index contributed by atoms with van der Waals surface area (Å²) in [4.78, 5) is 26.6. The lowest BCUT2D eigenvalue weighted by molar-refractivity contribution is -0.157. The highest BCUT2D eigenvalue weighted by molar-refractivity contribution is 5.96. The van der Waals surface area contributed by atoms with E-state index in [0.29, 0.717) is 41.9 Å². The Labute approximate surface area is 291 Å². The highest BCUT2D eigenvalue weighted by Gasteiger charge is 2.45. The maximum Gasteiger partial charge on any atom is 0.338 e. The van der Waals surface area contributed by atoms with Crippen LogP contribution in [0.5, 0.6) is 0 Å². The molecule has 5 rings (SSSR count). The molecule has 1 heterocycles. The fourth-order valence-electron chi connectivity index (χ4n) is 6.45. The van der Waals surface area contributed by atoms with Gasteiger partial charge in [-0.3, -0.25) is 0 Å².